The molecule has 1 aromatic carbocycles. The number of hydrogen-bond donors (Lipinski definition) is 0. The maximum Gasteiger partial charge on any atom is 0.214 e. The lowest BCUT2D eigenvalue weighted by Gasteiger charge is -1.96. The van der Waals surface area contributed by atoms with Crippen molar-refractivity contribution in [2.24, 2.45) is 0 Å². The second kappa shape index (κ2) is 4.28. The van der Waals surface area contributed by atoms with Crippen molar-refractivity contribution in [3.05, 3.63) is 47.1 Å². The van der Waals surface area contributed by atoms with Gasteiger partial charge in [0.15, 0.2) is 5.82 Å². The first kappa shape index (κ1) is 9.93. The number of halogens is 1. The van der Waals surface area contributed by atoms with Crippen molar-refractivity contribution in [3.8, 4) is 0 Å². The zero-order valence-corrected chi connectivity index (χ0v) is 8.90. The fourth-order valence-electron chi connectivity index (χ4n) is 1.22. The third-order valence-corrected chi connectivity index (χ3v) is 2.22. The van der Waals surface area contributed by atoms with Crippen molar-refractivity contribution >= 4 is 23.3 Å². The summed E-state index contributed by atoms with van der Waals surface area (Å²) >= 11 is 5.79. The highest BCUT2D eigenvalue weighted by Crippen LogP contribution is 2.16. The summed E-state index contributed by atoms with van der Waals surface area (Å²) in [6.45, 7) is 1.93. The molecule has 0 spiro atoms. The van der Waals surface area contributed by atoms with E-state index in [2.05, 4.69) is 14.7 Å². The number of rotatable bonds is 2. The molecular formula is C11H9ClN2O. The molecule has 15 heavy (non-hydrogen) atoms. The standard InChI is InChI=1S/C11H9ClN2O/c1-8(11-13-7-15-14-11)6-9-2-4-10(12)5-3-9/h2-7H,1H3. The fraction of sp³-hybridized carbons (Fsp3) is 0.0909. The Morgan fingerprint density at radius 3 is 2.67 bits per heavy atom. The van der Waals surface area contributed by atoms with Crippen molar-refractivity contribution in [2.75, 3.05) is 0 Å². The molecule has 0 unspecified atom stereocenters. The Hall–Kier alpha value is -1.61. The molecule has 0 radical (unpaired) electrons. The Balaban J connectivity index is 2.27. The first-order valence-electron chi connectivity index (χ1n) is 4.46. The van der Waals surface area contributed by atoms with Gasteiger partial charge in [0.2, 0.25) is 6.39 Å². The van der Waals surface area contributed by atoms with Gasteiger partial charge in [-0.2, -0.15) is 4.98 Å². The molecule has 4 heteroatoms. The molecule has 3 nitrogen and oxygen atoms in total. The lowest BCUT2D eigenvalue weighted by atomic mass is 10.1. The van der Waals surface area contributed by atoms with Crippen LogP contribution in [-0.2, 0) is 0 Å². The first-order chi connectivity index (χ1) is 7.25. The summed E-state index contributed by atoms with van der Waals surface area (Å²) < 4.78 is 4.67. The third-order valence-electron chi connectivity index (χ3n) is 1.97. The molecule has 0 fully saturated rings. The molecule has 2 rings (SSSR count). The molecule has 0 bridgehead atoms. The monoisotopic (exact) mass is 220 g/mol. The minimum atomic E-state index is 0.602. The van der Waals surface area contributed by atoms with E-state index in [-0.39, 0.29) is 0 Å². The molecule has 1 heterocycles. The van der Waals surface area contributed by atoms with Crippen molar-refractivity contribution < 1.29 is 4.52 Å². The van der Waals surface area contributed by atoms with Crippen molar-refractivity contribution in [3.63, 3.8) is 0 Å². The van der Waals surface area contributed by atoms with E-state index in [9.17, 15) is 0 Å². The van der Waals surface area contributed by atoms with E-state index in [4.69, 9.17) is 11.6 Å². The summed E-state index contributed by atoms with van der Waals surface area (Å²) in [5.74, 6) is 0.602. The topological polar surface area (TPSA) is 38.9 Å². The number of hydrogen-bond acceptors (Lipinski definition) is 3. The number of benzene rings is 1. The number of aromatic nitrogens is 2. The average molecular weight is 221 g/mol. The predicted molar refractivity (Wildman–Crippen MR) is 59.3 cm³/mol. The van der Waals surface area contributed by atoms with Crippen LogP contribution in [0.25, 0.3) is 11.6 Å². The van der Waals surface area contributed by atoms with Crippen LogP contribution in [0.4, 0.5) is 0 Å². The van der Waals surface area contributed by atoms with Crippen molar-refractivity contribution in [1.29, 1.82) is 0 Å². The molecule has 1 aromatic heterocycles. The number of allylic oxidation sites excluding steroid dienone is 1. The Morgan fingerprint density at radius 2 is 2.07 bits per heavy atom. The maximum atomic E-state index is 5.79. The van der Waals surface area contributed by atoms with Gasteiger partial charge in [-0.1, -0.05) is 28.9 Å². The molecule has 0 saturated heterocycles. The van der Waals surface area contributed by atoms with Crippen LogP contribution in [0.5, 0.6) is 0 Å². The van der Waals surface area contributed by atoms with Crippen LogP contribution in [-0.4, -0.2) is 10.1 Å². The van der Waals surface area contributed by atoms with Gasteiger partial charge in [0.05, 0.1) is 0 Å². The molecule has 0 atom stereocenters. The van der Waals surface area contributed by atoms with Crippen LogP contribution in [0.15, 0.2) is 35.2 Å². The van der Waals surface area contributed by atoms with Crippen LogP contribution < -0.4 is 0 Å². The SMILES string of the molecule is CC(=Cc1ccc(Cl)cc1)c1ncon1. The summed E-state index contributed by atoms with van der Waals surface area (Å²) in [6.07, 6.45) is 3.29. The van der Waals surface area contributed by atoms with E-state index in [0.29, 0.717) is 5.82 Å². The highest BCUT2D eigenvalue weighted by atomic mass is 35.5. The largest absolute Gasteiger partial charge is 0.342 e. The smallest absolute Gasteiger partial charge is 0.214 e. The quantitative estimate of drug-likeness (QED) is 0.780. The summed E-state index contributed by atoms with van der Waals surface area (Å²) in [7, 11) is 0. The van der Waals surface area contributed by atoms with Crippen molar-refractivity contribution in [2.45, 2.75) is 6.92 Å². The molecular weight excluding hydrogens is 212 g/mol. The van der Waals surface area contributed by atoms with Gasteiger partial charge >= 0.3 is 0 Å². The maximum absolute atomic E-state index is 5.79. The molecule has 0 aliphatic rings. The Kier molecular flexibility index (Phi) is 2.83. The van der Waals surface area contributed by atoms with E-state index in [1.165, 1.54) is 6.39 Å². The van der Waals surface area contributed by atoms with E-state index < -0.39 is 0 Å². The normalized spacial score (nSPS) is 11.7. The third kappa shape index (κ3) is 2.44. The van der Waals surface area contributed by atoms with Gasteiger partial charge < -0.3 is 4.52 Å². The van der Waals surface area contributed by atoms with Gasteiger partial charge in [0.1, 0.15) is 0 Å². The Morgan fingerprint density at radius 1 is 1.33 bits per heavy atom. The average Bonchev–Trinajstić information content (AvgIpc) is 2.74. The zero-order valence-electron chi connectivity index (χ0n) is 8.14. The molecule has 0 aliphatic heterocycles. The first-order valence-corrected chi connectivity index (χ1v) is 4.84. The van der Waals surface area contributed by atoms with Gasteiger partial charge in [-0.15, -0.1) is 0 Å². The number of nitrogens with zero attached hydrogens (tertiary/aromatic N) is 2. The minimum absolute atomic E-state index is 0.602. The molecule has 2 aromatic rings. The Labute approximate surface area is 92.4 Å². The highest BCUT2D eigenvalue weighted by Gasteiger charge is 2.00. The fourth-order valence-corrected chi connectivity index (χ4v) is 1.34. The highest BCUT2D eigenvalue weighted by molar-refractivity contribution is 6.30. The van der Waals surface area contributed by atoms with Gasteiger partial charge in [-0.25, -0.2) is 0 Å². The predicted octanol–water partition coefficient (Wildman–Crippen LogP) is 3.28. The zero-order chi connectivity index (χ0) is 10.7. The van der Waals surface area contributed by atoms with Gasteiger partial charge in [-0.3, -0.25) is 0 Å². The molecule has 76 valence electrons. The lowest BCUT2D eigenvalue weighted by molar-refractivity contribution is 0.415. The van der Waals surface area contributed by atoms with Crippen LogP contribution in [0.2, 0.25) is 5.02 Å². The van der Waals surface area contributed by atoms with Crippen LogP contribution in [0.3, 0.4) is 0 Å². The van der Waals surface area contributed by atoms with Crippen molar-refractivity contribution in [1.82, 2.24) is 10.1 Å². The minimum Gasteiger partial charge on any atom is -0.342 e. The molecule has 0 saturated carbocycles. The van der Waals surface area contributed by atoms with Gasteiger partial charge in [0.25, 0.3) is 0 Å². The summed E-state index contributed by atoms with van der Waals surface area (Å²) in [5, 5.41) is 4.48. The van der Waals surface area contributed by atoms with E-state index in [1.54, 1.807) is 0 Å². The molecule has 0 N–H and O–H groups in total. The van der Waals surface area contributed by atoms with E-state index in [1.807, 2.05) is 37.3 Å². The van der Waals surface area contributed by atoms with E-state index >= 15 is 0 Å². The summed E-state index contributed by atoms with van der Waals surface area (Å²) in [6, 6.07) is 7.56. The Bertz CT molecular complexity index is 460. The summed E-state index contributed by atoms with van der Waals surface area (Å²) in [4.78, 5) is 3.96. The van der Waals surface area contributed by atoms with Crippen LogP contribution >= 0.6 is 11.6 Å². The molecule has 0 aliphatic carbocycles. The second-order valence-corrected chi connectivity index (χ2v) is 3.57. The van der Waals surface area contributed by atoms with Crippen LogP contribution in [0, 0.1) is 0 Å². The van der Waals surface area contributed by atoms with Gasteiger partial charge in [-0.05, 0) is 36.3 Å². The van der Waals surface area contributed by atoms with E-state index in [0.717, 1.165) is 16.2 Å². The molecule has 0 amide bonds. The van der Waals surface area contributed by atoms with Gasteiger partial charge in [0, 0.05) is 5.02 Å². The van der Waals surface area contributed by atoms with Crippen LogP contribution in [0.1, 0.15) is 18.3 Å². The summed E-state index contributed by atoms with van der Waals surface area (Å²) in [5.41, 5.74) is 2.01. The second-order valence-electron chi connectivity index (χ2n) is 3.13. The lowest BCUT2D eigenvalue weighted by Crippen LogP contribution is -1.82.